The number of aromatic nitrogens is 1. The second-order valence-corrected chi connectivity index (χ2v) is 8.50. The van der Waals surface area contributed by atoms with Gasteiger partial charge in [-0.3, -0.25) is 9.59 Å². The first kappa shape index (κ1) is 19.5. The van der Waals surface area contributed by atoms with Crippen LogP contribution in [0.2, 0.25) is 0 Å². The van der Waals surface area contributed by atoms with Crippen molar-refractivity contribution >= 4 is 28.3 Å². The molecule has 5 nitrogen and oxygen atoms in total. The zero-order chi connectivity index (χ0) is 19.4. The fourth-order valence-electron chi connectivity index (χ4n) is 3.67. The Morgan fingerprint density at radius 2 is 1.81 bits per heavy atom. The molecule has 2 N–H and O–H groups in total. The molecule has 1 fully saturated rings. The van der Waals surface area contributed by atoms with Crippen LogP contribution in [0.4, 0.5) is 5.13 Å². The van der Waals surface area contributed by atoms with Crippen molar-refractivity contribution in [2.75, 3.05) is 5.32 Å². The molecule has 144 valence electrons. The van der Waals surface area contributed by atoms with Crippen molar-refractivity contribution in [2.24, 2.45) is 5.92 Å². The van der Waals surface area contributed by atoms with Crippen molar-refractivity contribution < 1.29 is 9.59 Å². The molecular weight excluding hydrogens is 358 g/mol. The lowest BCUT2D eigenvalue weighted by Gasteiger charge is -2.22. The van der Waals surface area contributed by atoms with E-state index in [4.69, 9.17) is 4.98 Å². The van der Waals surface area contributed by atoms with Gasteiger partial charge in [-0.05, 0) is 24.7 Å². The Hall–Kier alpha value is -2.21. The van der Waals surface area contributed by atoms with E-state index in [0.29, 0.717) is 11.0 Å². The van der Waals surface area contributed by atoms with E-state index in [2.05, 4.69) is 24.5 Å². The lowest BCUT2D eigenvalue weighted by atomic mass is 9.97. The van der Waals surface area contributed by atoms with Gasteiger partial charge >= 0.3 is 0 Å². The van der Waals surface area contributed by atoms with E-state index >= 15 is 0 Å². The molecule has 0 saturated heterocycles. The molecule has 0 radical (unpaired) electrons. The number of thiazole rings is 1. The quantitative estimate of drug-likeness (QED) is 0.765. The number of carbonyl (C=O) groups is 2. The average molecular weight is 386 g/mol. The summed E-state index contributed by atoms with van der Waals surface area (Å²) in [5.74, 6) is 0.172. The number of nitrogens with one attached hydrogen (secondary N) is 2. The second kappa shape index (κ2) is 8.65. The molecule has 2 aromatic rings. The van der Waals surface area contributed by atoms with Crippen LogP contribution >= 0.6 is 11.3 Å². The zero-order valence-electron chi connectivity index (χ0n) is 16.1. The number of carbonyl (C=O) groups excluding carboxylic acids is 2. The summed E-state index contributed by atoms with van der Waals surface area (Å²) in [6, 6.07) is 9.54. The van der Waals surface area contributed by atoms with Crippen molar-refractivity contribution in [1.29, 1.82) is 0 Å². The van der Waals surface area contributed by atoms with E-state index in [1.807, 2.05) is 30.3 Å². The molecule has 6 heteroatoms. The van der Waals surface area contributed by atoms with Gasteiger partial charge in [0.25, 0.3) is 0 Å². The molecule has 1 unspecified atom stereocenters. The third kappa shape index (κ3) is 4.75. The van der Waals surface area contributed by atoms with E-state index in [1.165, 1.54) is 18.3 Å². The van der Waals surface area contributed by atoms with E-state index in [-0.39, 0.29) is 17.7 Å². The normalized spacial score (nSPS) is 15.7. The van der Waals surface area contributed by atoms with Gasteiger partial charge in [-0.15, -0.1) is 11.3 Å². The van der Waals surface area contributed by atoms with Crippen LogP contribution in [-0.2, 0) is 9.59 Å². The molecular formula is C21H27N3O2S. The van der Waals surface area contributed by atoms with Gasteiger partial charge in [0.15, 0.2) is 5.13 Å². The van der Waals surface area contributed by atoms with Gasteiger partial charge in [0.1, 0.15) is 6.04 Å². The van der Waals surface area contributed by atoms with Crippen LogP contribution < -0.4 is 10.6 Å². The number of hydrogen-bond donors (Lipinski definition) is 2. The Kier molecular flexibility index (Phi) is 6.26. The third-order valence-corrected chi connectivity index (χ3v) is 6.24. The first-order valence-electron chi connectivity index (χ1n) is 9.59. The van der Waals surface area contributed by atoms with Gasteiger partial charge in [-0.2, -0.15) is 0 Å². The summed E-state index contributed by atoms with van der Waals surface area (Å²) >= 11 is 1.51. The Bertz CT molecular complexity index is 795. The molecule has 1 heterocycles. The fourth-order valence-corrected chi connectivity index (χ4v) is 4.66. The molecule has 27 heavy (non-hydrogen) atoms. The minimum atomic E-state index is -0.489. The van der Waals surface area contributed by atoms with Gasteiger partial charge in [-0.25, -0.2) is 4.98 Å². The van der Waals surface area contributed by atoms with E-state index in [1.54, 1.807) is 0 Å². The Morgan fingerprint density at radius 1 is 1.15 bits per heavy atom. The van der Waals surface area contributed by atoms with Crippen LogP contribution in [0, 0.1) is 5.92 Å². The maximum absolute atomic E-state index is 12.9. The lowest BCUT2D eigenvalue weighted by molar-refractivity contribution is -0.126. The summed E-state index contributed by atoms with van der Waals surface area (Å²) in [5.41, 5.74) is 1.97. The summed E-state index contributed by atoms with van der Waals surface area (Å²) in [5, 5.41) is 6.40. The van der Waals surface area contributed by atoms with Gasteiger partial charge in [-0.1, -0.05) is 57.0 Å². The summed E-state index contributed by atoms with van der Waals surface area (Å²) < 4.78 is 0. The molecule has 1 aromatic heterocycles. The molecule has 1 atom stereocenters. The van der Waals surface area contributed by atoms with Crippen molar-refractivity contribution in [3.63, 3.8) is 0 Å². The Balaban J connectivity index is 1.83. The van der Waals surface area contributed by atoms with Crippen molar-refractivity contribution in [2.45, 2.75) is 58.4 Å². The number of hydrogen-bond acceptors (Lipinski definition) is 4. The van der Waals surface area contributed by atoms with Crippen LogP contribution in [0.3, 0.4) is 0 Å². The largest absolute Gasteiger partial charge is 0.344 e. The molecule has 1 saturated carbocycles. The molecule has 3 rings (SSSR count). The van der Waals surface area contributed by atoms with Crippen molar-refractivity contribution in [1.82, 2.24) is 10.3 Å². The average Bonchev–Trinajstić information content (AvgIpc) is 3.30. The summed E-state index contributed by atoms with van der Waals surface area (Å²) in [4.78, 5) is 30.3. The minimum absolute atomic E-state index is 0.166. The van der Waals surface area contributed by atoms with E-state index in [0.717, 1.165) is 41.8 Å². The van der Waals surface area contributed by atoms with Crippen LogP contribution in [0.15, 0.2) is 30.3 Å². The third-order valence-electron chi connectivity index (χ3n) is 4.97. The van der Waals surface area contributed by atoms with Crippen LogP contribution in [-0.4, -0.2) is 22.8 Å². The number of anilines is 1. The number of nitrogens with zero attached hydrogens (tertiary/aromatic N) is 1. The highest BCUT2D eigenvalue weighted by Crippen LogP contribution is 2.36. The molecule has 0 aliphatic heterocycles. The van der Waals surface area contributed by atoms with Crippen LogP contribution in [0.1, 0.15) is 57.2 Å². The molecule has 0 bridgehead atoms. The monoisotopic (exact) mass is 385 g/mol. The van der Waals surface area contributed by atoms with E-state index in [9.17, 15) is 9.59 Å². The summed E-state index contributed by atoms with van der Waals surface area (Å²) in [6.07, 6.45) is 4.17. The van der Waals surface area contributed by atoms with E-state index < -0.39 is 6.04 Å². The maximum Gasteiger partial charge on any atom is 0.249 e. The number of amides is 2. The predicted molar refractivity (Wildman–Crippen MR) is 110 cm³/mol. The topological polar surface area (TPSA) is 71.1 Å². The molecule has 2 amide bonds. The van der Waals surface area contributed by atoms with Gasteiger partial charge in [0.2, 0.25) is 11.8 Å². The number of benzene rings is 1. The first-order chi connectivity index (χ1) is 13.0. The Morgan fingerprint density at radius 3 is 2.41 bits per heavy atom. The fraction of sp³-hybridized carbons (Fsp3) is 0.476. The minimum Gasteiger partial charge on any atom is -0.344 e. The first-order valence-corrected chi connectivity index (χ1v) is 10.4. The zero-order valence-corrected chi connectivity index (χ0v) is 16.9. The maximum atomic E-state index is 12.9. The molecule has 0 spiro atoms. The molecule has 1 aromatic carbocycles. The lowest BCUT2D eigenvalue weighted by Crippen LogP contribution is -2.47. The predicted octanol–water partition coefficient (Wildman–Crippen LogP) is 4.57. The summed E-state index contributed by atoms with van der Waals surface area (Å²) in [6.45, 7) is 5.72. The Labute approximate surface area is 164 Å². The van der Waals surface area contributed by atoms with Gasteiger partial charge in [0, 0.05) is 17.4 Å². The highest BCUT2D eigenvalue weighted by molar-refractivity contribution is 7.16. The SMILES string of the molecule is CC(=O)NC(C(=O)Nc1nc(-c2ccccc2)c(C(C)C)s1)C1CCCC1. The standard InChI is InChI=1S/C21H27N3O2S/c1-13(2)19-17(15-9-5-4-6-10-15)23-21(27-19)24-20(26)18(22-14(3)25)16-11-7-8-12-16/h4-6,9-10,13,16,18H,7-8,11-12H2,1-3H3,(H,22,25)(H,23,24,26). The number of rotatable bonds is 6. The van der Waals surface area contributed by atoms with Crippen LogP contribution in [0.25, 0.3) is 11.3 Å². The van der Waals surface area contributed by atoms with Gasteiger partial charge in [0.05, 0.1) is 5.69 Å². The van der Waals surface area contributed by atoms with Crippen molar-refractivity contribution in [3.8, 4) is 11.3 Å². The smallest absolute Gasteiger partial charge is 0.249 e. The molecule has 1 aliphatic rings. The highest BCUT2D eigenvalue weighted by atomic mass is 32.1. The molecule has 1 aliphatic carbocycles. The van der Waals surface area contributed by atoms with Gasteiger partial charge < -0.3 is 10.6 Å². The highest BCUT2D eigenvalue weighted by Gasteiger charge is 2.32. The summed E-state index contributed by atoms with van der Waals surface area (Å²) in [7, 11) is 0. The van der Waals surface area contributed by atoms with Crippen LogP contribution in [0.5, 0.6) is 0 Å². The second-order valence-electron chi connectivity index (χ2n) is 7.46. The van der Waals surface area contributed by atoms with Crippen molar-refractivity contribution in [3.05, 3.63) is 35.2 Å².